The summed E-state index contributed by atoms with van der Waals surface area (Å²) in [6.07, 6.45) is 0.991. The molecule has 1 N–H and O–H groups in total. The number of aromatic nitrogens is 1. The molecule has 114 valence electrons. The predicted molar refractivity (Wildman–Crippen MR) is 74.7 cm³/mol. The third-order valence-electron chi connectivity index (χ3n) is 2.48. The van der Waals surface area contributed by atoms with E-state index in [2.05, 4.69) is 26.0 Å². The summed E-state index contributed by atoms with van der Waals surface area (Å²) in [6.45, 7) is 0.910. The standard InChI is InChI=1S/C11H12BrN3O6/c1-6(16)13-9(11(18)21-2)5-14-4-7(15(19)20)3-8(12)10(14)17/h3-4,9H,5H2,1-2H3,(H,13,16). The van der Waals surface area contributed by atoms with Crippen molar-refractivity contribution in [3.63, 3.8) is 0 Å². The predicted octanol–water partition coefficient (Wildman–Crippen LogP) is 0.197. The quantitative estimate of drug-likeness (QED) is 0.454. The van der Waals surface area contributed by atoms with Crippen LogP contribution in [0.25, 0.3) is 0 Å². The fourth-order valence-electron chi connectivity index (χ4n) is 1.58. The van der Waals surface area contributed by atoms with E-state index in [-0.39, 0.29) is 16.7 Å². The Balaban J connectivity index is 3.19. The second-order valence-corrected chi connectivity index (χ2v) is 4.89. The van der Waals surface area contributed by atoms with Crippen LogP contribution in [0, 0.1) is 10.1 Å². The van der Waals surface area contributed by atoms with Crippen LogP contribution in [0.4, 0.5) is 5.69 Å². The van der Waals surface area contributed by atoms with Crippen LogP contribution in [0.1, 0.15) is 6.92 Å². The number of hydrogen-bond donors (Lipinski definition) is 1. The van der Waals surface area contributed by atoms with E-state index in [9.17, 15) is 24.5 Å². The lowest BCUT2D eigenvalue weighted by molar-refractivity contribution is -0.385. The molecule has 1 aromatic rings. The average Bonchev–Trinajstić information content (AvgIpc) is 2.41. The minimum absolute atomic E-state index is 0.0249. The van der Waals surface area contributed by atoms with Crippen LogP contribution in [-0.4, -0.2) is 34.5 Å². The molecule has 0 aliphatic heterocycles. The molecule has 0 spiro atoms. The molecule has 1 unspecified atom stereocenters. The largest absolute Gasteiger partial charge is 0.467 e. The molecule has 0 bridgehead atoms. The van der Waals surface area contributed by atoms with Gasteiger partial charge in [0.05, 0.1) is 29.2 Å². The van der Waals surface area contributed by atoms with Crippen molar-refractivity contribution in [2.45, 2.75) is 19.5 Å². The van der Waals surface area contributed by atoms with Gasteiger partial charge in [-0.2, -0.15) is 0 Å². The van der Waals surface area contributed by atoms with Crippen LogP contribution < -0.4 is 10.9 Å². The maximum Gasteiger partial charge on any atom is 0.330 e. The Kier molecular flexibility index (Phi) is 5.59. The molecule has 0 radical (unpaired) electrons. The van der Waals surface area contributed by atoms with Gasteiger partial charge < -0.3 is 14.6 Å². The molecular weight excluding hydrogens is 350 g/mol. The van der Waals surface area contributed by atoms with Crippen molar-refractivity contribution < 1.29 is 19.2 Å². The zero-order chi connectivity index (χ0) is 16.2. The number of halogens is 1. The van der Waals surface area contributed by atoms with E-state index in [1.165, 1.54) is 6.92 Å². The SMILES string of the molecule is COC(=O)C(Cn1cc([N+](=O)[O-])cc(Br)c1=O)NC(C)=O. The molecule has 9 nitrogen and oxygen atoms in total. The van der Waals surface area contributed by atoms with E-state index in [0.717, 1.165) is 23.9 Å². The molecule has 1 amide bonds. The third-order valence-corrected chi connectivity index (χ3v) is 3.05. The minimum Gasteiger partial charge on any atom is -0.467 e. The summed E-state index contributed by atoms with van der Waals surface area (Å²) in [7, 11) is 1.13. The molecule has 0 aromatic carbocycles. The van der Waals surface area contributed by atoms with E-state index in [1.54, 1.807) is 0 Å². The molecule has 0 fully saturated rings. The fourth-order valence-corrected chi connectivity index (χ4v) is 2.05. The van der Waals surface area contributed by atoms with E-state index in [4.69, 9.17) is 0 Å². The fraction of sp³-hybridized carbons (Fsp3) is 0.364. The molecule has 21 heavy (non-hydrogen) atoms. The normalized spacial score (nSPS) is 11.6. The number of ether oxygens (including phenoxy) is 1. The Morgan fingerprint density at radius 1 is 1.57 bits per heavy atom. The number of esters is 1. The van der Waals surface area contributed by atoms with Gasteiger partial charge in [0.2, 0.25) is 5.91 Å². The van der Waals surface area contributed by atoms with Crippen LogP contribution >= 0.6 is 15.9 Å². The molecule has 10 heteroatoms. The number of nitro groups is 1. The monoisotopic (exact) mass is 361 g/mol. The topological polar surface area (TPSA) is 121 Å². The van der Waals surface area contributed by atoms with Gasteiger partial charge in [-0.3, -0.25) is 19.7 Å². The first kappa shape index (κ1) is 16.8. The second kappa shape index (κ2) is 6.97. The first-order valence-corrected chi connectivity index (χ1v) is 6.45. The van der Waals surface area contributed by atoms with Crippen LogP contribution in [0.5, 0.6) is 0 Å². The number of nitrogens with zero attached hydrogens (tertiary/aromatic N) is 2. The van der Waals surface area contributed by atoms with Crippen molar-refractivity contribution in [1.29, 1.82) is 0 Å². The lowest BCUT2D eigenvalue weighted by Crippen LogP contribution is -2.45. The highest BCUT2D eigenvalue weighted by molar-refractivity contribution is 9.10. The van der Waals surface area contributed by atoms with Gasteiger partial charge in [0.1, 0.15) is 6.04 Å². The van der Waals surface area contributed by atoms with Crippen molar-refractivity contribution in [3.05, 3.63) is 37.2 Å². The van der Waals surface area contributed by atoms with Gasteiger partial charge in [-0.05, 0) is 15.9 Å². The maximum absolute atomic E-state index is 11.9. The zero-order valence-electron chi connectivity index (χ0n) is 11.2. The highest BCUT2D eigenvalue weighted by Gasteiger charge is 2.23. The van der Waals surface area contributed by atoms with Crippen LogP contribution in [-0.2, 0) is 20.9 Å². The highest BCUT2D eigenvalue weighted by Crippen LogP contribution is 2.14. The Labute approximate surface area is 127 Å². The number of hydrogen-bond acceptors (Lipinski definition) is 6. The van der Waals surface area contributed by atoms with Gasteiger partial charge in [0.15, 0.2) is 0 Å². The number of carbonyl (C=O) groups is 2. The van der Waals surface area contributed by atoms with E-state index in [0.29, 0.717) is 0 Å². The molecule has 0 aliphatic carbocycles. The van der Waals surface area contributed by atoms with Gasteiger partial charge in [-0.1, -0.05) is 0 Å². The van der Waals surface area contributed by atoms with Crippen molar-refractivity contribution in [2.24, 2.45) is 0 Å². The smallest absolute Gasteiger partial charge is 0.330 e. The summed E-state index contributed by atoms with van der Waals surface area (Å²) in [5.41, 5.74) is -0.896. The maximum atomic E-state index is 11.9. The Bertz CT molecular complexity index is 641. The van der Waals surface area contributed by atoms with E-state index >= 15 is 0 Å². The average molecular weight is 362 g/mol. The van der Waals surface area contributed by atoms with Crippen LogP contribution in [0.15, 0.2) is 21.5 Å². The van der Waals surface area contributed by atoms with E-state index in [1.807, 2.05) is 0 Å². The van der Waals surface area contributed by atoms with Crippen LogP contribution in [0.3, 0.4) is 0 Å². The number of amides is 1. The van der Waals surface area contributed by atoms with E-state index < -0.39 is 28.4 Å². The zero-order valence-corrected chi connectivity index (χ0v) is 12.7. The summed E-state index contributed by atoms with van der Waals surface area (Å²) < 4.78 is 5.45. The van der Waals surface area contributed by atoms with Crippen molar-refractivity contribution in [3.8, 4) is 0 Å². The highest BCUT2D eigenvalue weighted by atomic mass is 79.9. The van der Waals surface area contributed by atoms with Crippen molar-refractivity contribution in [1.82, 2.24) is 9.88 Å². The molecular formula is C11H12BrN3O6. The van der Waals surface area contributed by atoms with Crippen LogP contribution in [0.2, 0.25) is 0 Å². The molecule has 1 aromatic heterocycles. The van der Waals surface area contributed by atoms with Gasteiger partial charge >= 0.3 is 5.97 Å². The summed E-state index contributed by atoms with van der Waals surface area (Å²) in [6, 6.07) is -0.0659. The molecule has 1 rings (SSSR count). The summed E-state index contributed by atoms with van der Waals surface area (Å²) in [5, 5.41) is 13.1. The first-order valence-electron chi connectivity index (χ1n) is 5.65. The minimum atomic E-state index is -1.13. The van der Waals surface area contributed by atoms with Gasteiger partial charge in [0, 0.05) is 13.0 Å². The third kappa shape index (κ3) is 4.38. The number of nitrogens with one attached hydrogen (secondary N) is 1. The lowest BCUT2D eigenvalue weighted by Gasteiger charge is -2.16. The summed E-state index contributed by atoms with van der Waals surface area (Å²) in [5.74, 6) is -1.26. The van der Waals surface area contributed by atoms with Crippen molar-refractivity contribution >= 4 is 33.5 Å². The Morgan fingerprint density at radius 2 is 2.19 bits per heavy atom. The molecule has 0 aliphatic rings. The van der Waals surface area contributed by atoms with Gasteiger partial charge in [-0.25, -0.2) is 4.79 Å². The lowest BCUT2D eigenvalue weighted by atomic mass is 10.2. The number of rotatable bonds is 5. The molecule has 0 saturated heterocycles. The molecule has 1 heterocycles. The number of methoxy groups -OCH3 is 1. The molecule has 1 atom stereocenters. The second-order valence-electron chi connectivity index (χ2n) is 4.04. The first-order chi connectivity index (χ1) is 9.76. The Hall–Kier alpha value is -2.23. The van der Waals surface area contributed by atoms with Gasteiger partial charge in [-0.15, -0.1) is 0 Å². The summed E-state index contributed by atoms with van der Waals surface area (Å²) >= 11 is 2.92. The van der Waals surface area contributed by atoms with Crippen molar-refractivity contribution in [2.75, 3.05) is 7.11 Å². The molecule has 0 saturated carbocycles. The van der Waals surface area contributed by atoms with Gasteiger partial charge in [0.25, 0.3) is 11.2 Å². The number of pyridine rings is 1. The Morgan fingerprint density at radius 3 is 2.67 bits per heavy atom. The summed E-state index contributed by atoms with van der Waals surface area (Å²) in [4.78, 5) is 44.6. The number of carbonyl (C=O) groups excluding carboxylic acids is 2.